The summed E-state index contributed by atoms with van der Waals surface area (Å²) in [6, 6.07) is 9.49. The van der Waals surface area contributed by atoms with Crippen molar-refractivity contribution >= 4 is 40.7 Å². The van der Waals surface area contributed by atoms with E-state index in [0.717, 1.165) is 12.1 Å². The van der Waals surface area contributed by atoms with Crippen LogP contribution >= 0.6 is 23.1 Å². The van der Waals surface area contributed by atoms with Gasteiger partial charge in [-0.3, -0.25) is 4.79 Å². The Hall–Kier alpha value is -2.57. The lowest BCUT2D eigenvalue weighted by Gasteiger charge is -2.25. The van der Waals surface area contributed by atoms with Crippen LogP contribution in [0.25, 0.3) is 0 Å². The van der Waals surface area contributed by atoms with Gasteiger partial charge in [0.25, 0.3) is 0 Å². The molecule has 140 valence electrons. The van der Waals surface area contributed by atoms with Crippen LogP contribution in [-0.4, -0.2) is 51.8 Å². The molecule has 0 spiro atoms. The number of anilines is 1. The van der Waals surface area contributed by atoms with Crippen LogP contribution in [0.3, 0.4) is 0 Å². The summed E-state index contributed by atoms with van der Waals surface area (Å²) in [7, 11) is 0. The molecule has 0 radical (unpaired) electrons. The van der Waals surface area contributed by atoms with E-state index >= 15 is 0 Å². The van der Waals surface area contributed by atoms with Crippen LogP contribution in [0.1, 0.15) is 28.9 Å². The van der Waals surface area contributed by atoms with E-state index in [9.17, 15) is 9.59 Å². The summed E-state index contributed by atoms with van der Waals surface area (Å²) in [5, 5.41) is 22.7. The minimum Gasteiger partial charge on any atom is -0.476 e. The molecule has 1 amide bonds. The van der Waals surface area contributed by atoms with Gasteiger partial charge < -0.3 is 15.3 Å². The highest BCUT2D eigenvalue weighted by molar-refractivity contribution is 8.01. The number of hydrogen-bond acceptors (Lipinski definition) is 7. The lowest BCUT2D eigenvalue weighted by molar-refractivity contribution is -0.128. The molecule has 2 heterocycles. The summed E-state index contributed by atoms with van der Waals surface area (Å²) in [6.45, 7) is 1.22. The molecule has 1 aromatic heterocycles. The Labute approximate surface area is 165 Å². The minimum absolute atomic E-state index is 0.0569. The predicted octanol–water partition coefficient (Wildman–Crippen LogP) is 2.91. The van der Waals surface area contributed by atoms with Gasteiger partial charge in [0.15, 0.2) is 10.0 Å². The number of thioether (sulfide) groups is 1. The maximum absolute atomic E-state index is 12.2. The first-order valence-corrected chi connectivity index (χ1v) is 10.3. The smallest absolute Gasteiger partial charge is 0.355 e. The average Bonchev–Trinajstić information content (AvgIpc) is 3.28. The van der Waals surface area contributed by atoms with E-state index in [0.29, 0.717) is 35.2 Å². The standard InChI is InChI=1S/C18H18N4O3S2/c19-9-12-2-1-3-13(8-12)20-10-14-4-5-16(23)22(14)6-7-26-18-21-15(11-27-18)17(24)25/h1-3,8,11,14,20H,4-7,10H2,(H,24,25)/t14-/m1/s1. The summed E-state index contributed by atoms with van der Waals surface area (Å²) in [5.74, 6) is -0.225. The van der Waals surface area contributed by atoms with Crippen molar-refractivity contribution < 1.29 is 14.7 Å². The maximum Gasteiger partial charge on any atom is 0.355 e. The molecule has 2 aromatic rings. The maximum atomic E-state index is 12.2. The second-order valence-electron chi connectivity index (χ2n) is 6.01. The Bertz CT molecular complexity index is 877. The fraction of sp³-hybridized carbons (Fsp3) is 0.333. The number of carbonyl (C=O) groups excluding carboxylic acids is 1. The Morgan fingerprint density at radius 3 is 3.11 bits per heavy atom. The zero-order chi connectivity index (χ0) is 19.2. The molecule has 1 aromatic carbocycles. The van der Waals surface area contributed by atoms with Gasteiger partial charge in [0.2, 0.25) is 5.91 Å². The van der Waals surface area contributed by atoms with Crippen LogP contribution in [0.5, 0.6) is 0 Å². The van der Waals surface area contributed by atoms with E-state index in [1.54, 1.807) is 12.1 Å². The number of likely N-dealkylation sites (tertiary alicyclic amines) is 1. The molecule has 3 rings (SSSR count). The Morgan fingerprint density at radius 1 is 1.52 bits per heavy atom. The van der Waals surface area contributed by atoms with Crippen LogP contribution < -0.4 is 5.32 Å². The quantitative estimate of drug-likeness (QED) is 0.654. The summed E-state index contributed by atoms with van der Waals surface area (Å²) < 4.78 is 0.696. The van der Waals surface area contributed by atoms with Gasteiger partial charge in [0.1, 0.15) is 0 Å². The number of carboxylic acids is 1. The lowest BCUT2D eigenvalue weighted by Crippen LogP contribution is -2.39. The highest BCUT2D eigenvalue weighted by atomic mass is 32.2. The monoisotopic (exact) mass is 402 g/mol. The largest absolute Gasteiger partial charge is 0.476 e. The molecule has 2 N–H and O–H groups in total. The van der Waals surface area contributed by atoms with Crippen molar-refractivity contribution in [1.82, 2.24) is 9.88 Å². The van der Waals surface area contributed by atoms with Crippen molar-refractivity contribution in [1.29, 1.82) is 5.26 Å². The zero-order valence-corrected chi connectivity index (χ0v) is 16.1. The number of aromatic carboxylic acids is 1. The van der Waals surface area contributed by atoms with Gasteiger partial charge in [0, 0.05) is 42.4 Å². The first-order valence-electron chi connectivity index (χ1n) is 8.42. The molecule has 1 aliphatic heterocycles. The summed E-state index contributed by atoms with van der Waals surface area (Å²) in [6.07, 6.45) is 1.34. The number of nitrogens with zero attached hydrogens (tertiary/aromatic N) is 3. The zero-order valence-electron chi connectivity index (χ0n) is 14.4. The van der Waals surface area contributed by atoms with Gasteiger partial charge in [-0.2, -0.15) is 5.26 Å². The van der Waals surface area contributed by atoms with Crippen LogP contribution in [0.2, 0.25) is 0 Å². The molecular formula is C18H18N4O3S2. The molecule has 7 nitrogen and oxygen atoms in total. The summed E-state index contributed by atoms with van der Waals surface area (Å²) in [5.41, 5.74) is 1.52. The van der Waals surface area contributed by atoms with Gasteiger partial charge in [-0.05, 0) is 24.6 Å². The number of rotatable bonds is 8. The molecule has 1 fully saturated rings. The topological polar surface area (TPSA) is 106 Å². The summed E-state index contributed by atoms with van der Waals surface area (Å²) in [4.78, 5) is 29.0. The number of carboxylic acid groups (broad SMARTS) is 1. The van der Waals surface area contributed by atoms with E-state index in [1.165, 1.54) is 28.5 Å². The third kappa shape index (κ3) is 4.99. The Balaban J connectivity index is 1.51. The van der Waals surface area contributed by atoms with Crippen molar-refractivity contribution in [2.75, 3.05) is 24.2 Å². The van der Waals surface area contributed by atoms with E-state index in [1.807, 2.05) is 17.0 Å². The lowest BCUT2D eigenvalue weighted by atomic mass is 10.2. The number of hydrogen-bond donors (Lipinski definition) is 2. The first-order chi connectivity index (χ1) is 13.1. The number of carbonyl (C=O) groups is 2. The van der Waals surface area contributed by atoms with Crippen molar-refractivity contribution in [3.8, 4) is 6.07 Å². The van der Waals surface area contributed by atoms with Gasteiger partial charge in [-0.15, -0.1) is 11.3 Å². The number of nitriles is 1. The molecule has 0 unspecified atom stereocenters. The third-order valence-corrected chi connectivity index (χ3v) is 6.25. The number of aromatic nitrogens is 1. The second kappa shape index (κ2) is 8.88. The normalized spacial score (nSPS) is 16.3. The molecule has 1 aliphatic rings. The van der Waals surface area contributed by atoms with Crippen molar-refractivity contribution in [2.45, 2.75) is 23.2 Å². The van der Waals surface area contributed by atoms with E-state index in [2.05, 4.69) is 16.4 Å². The molecular weight excluding hydrogens is 384 g/mol. The fourth-order valence-electron chi connectivity index (χ4n) is 2.90. The predicted molar refractivity (Wildman–Crippen MR) is 104 cm³/mol. The molecule has 1 atom stereocenters. The highest BCUT2D eigenvalue weighted by Gasteiger charge is 2.30. The second-order valence-corrected chi connectivity index (χ2v) is 8.21. The molecule has 27 heavy (non-hydrogen) atoms. The van der Waals surface area contributed by atoms with Gasteiger partial charge in [0.05, 0.1) is 11.6 Å². The Morgan fingerprint density at radius 2 is 2.37 bits per heavy atom. The molecule has 0 saturated carbocycles. The first kappa shape index (κ1) is 19.2. The SMILES string of the molecule is N#Cc1cccc(NC[C@H]2CCC(=O)N2CCSc2nc(C(=O)O)cs2)c1. The van der Waals surface area contributed by atoms with Crippen LogP contribution in [0, 0.1) is 11.3 Å². The van der Waals surface area contributed by atoms with E-state index in [4.69, 9.17) is 10.4 Å². The van der Waals surface area contributed by atoms with Crippen molar-refractivity contribution in [3.05, 3.63) is 40.9 Å². The van der Waals surface area contributed by atoms with E-state index < -0.39 is 5.97 Å². The molecule has 0 bridgehead atoms. The van der Waals surface area contributed by atoms with Gasteiger partial charge in [-0.25, -0.2) is 9.78 Å². The van der Waals surface area contributed by atoms with Crippen LogP contribution in [0.4, 0.5) is 5.69 Å². The molecule has 1 saturated heterocycles. The molecule has 9 heteroatoms. The number of nitrogens with one attached hydrogen (secondary N) is 1. The fourth-order valence-corrected chi connectivity index (χ4v) is 4.71. The van der Waals surface area contributed by atoms with Crippen LogP contribution in [-0.2, 0) is 4.79 Å². The number of thiazole rings is 1. The average molecular weight is 403 g/mol. The third-order valence-electron chi connectivity index (χ3n) is 4.25. The number of amides is 1. The van der Waals surface area contributed by atoms with Gasteiger partial charge in [-0.1, -0.05) is 17.8 Å². The Kier molecular flexibility index (Phi) is 6.32. The van der Waals surface area contributed by atoms with E-state index in [-0.39, 0.29) is 17.6 Å². The van der Waals surface area contributed by atoms with Crippen molar-refractivity contribution in [3.63, 3.8) is 0 Å². The van der Waals surface area contributed by atoms with Gasteiger partial charge >= 0.3 is 5.97 Å². The minimum atomic E-state index is -1.03. The molecule has 0 aliphatic carbocycles. The van der Waals surface area contributed by atoms with Crippen LogP contribution in [0.15, 0.2) is 34.0 Å². The highest BCUT2D eigenvalue weighted by Crippen LogP contribution is 2.25. The number of benzene rings is 1. The summed E-state index contributed by atoms with van der Waals surface area (Å²) >= 11 is 2.76. The van der Waals surface area contributed by atoms with Crippen molar-refractivity contribution in [2.24, 2.45) is 0 Å².